The van der Waals surface area contributed by atoms with E-state index in [2.05, 4.69) is 43.4 Å². The van der Waals surface area contributed by atoms with Crippen molar-refractivity contribution in [3.8, 4) is 11.5 Å². The van der Waals surface area contributed by atoms with Gasteiger partial charge < -0.3 is 14.8 Å². The largest absolute Gasteiger partial charge is 0.496 e. The Morgan fingerprint density at radius 3 is 1.52 bits per heavy atom. The predicted molar refractivity (Wildman–Crippen MR) is 95.5 cm³/mol. The van der Waals surface area contributed by atoms with E-state index in [0.717, 1.165) is 24.3 Å². The number of hydrogen-bond acceptors (Lipinski definition) is 3. The molecule has 0 amide bonds. The molecule has 0 unspecified atom stereocenters. The molecule has 1 N–H and O–H groups in total. The average Bonchev–Trinajstić information content (AvgIpc) is 2.55. The third kappa shape index (κ3) is 5.00. The van der Waals surface area contributed by atoms with Gasteiger partial charge in [0.05, 0.1) is 14.2 Å². The summed E-state index contributed by atoms with van der Waals surface area (Å²) in [5.41, 5.74) is 2.47. The van der Waals surface area contributed by atoms with Gasteiger partial charge in [-0.1, -0.05) is 36.4 Å². The molecule has 124 valence electrons. The van der Waals surface area contributed by atoms with Gasteiger partial charge >= 0.3 is 0 Å². The van der Waals surface area contributed by atoms with Crippen LogP contribution in [0.3, 0.4) is 0 Å². The summed E-state index contributed by atoms with van der Waals surface area (Å²) in [6, 6.07) is 17.2. The van der Waals surface area contributed by atoms with Crippen molar-refractivity contribution in [2.75, 3.05) is 14.2 Å². The maximum Gasteiger partial charge on any atom is 0.122 e. The zero-order chi connectivity index (χ0) is 16.7. The molecule has 0 fully saturated rings. The Labute approximate surface area is 139 Å². The van der Waals surface area contributed by atoms with Gasteiger partial charge in [-0.2, -0.15) is 0 Å². The molecule has 0 heterocycles. The fourth-order valence-electron chi connectivity index (χ4n) is 3.01. The van der Waals surface area contributed by atoms with Crippen LogP contribution in [-0.2, 0) is 12.8 Å². The van der Waals surface area contributed by atoms with Crippen molar-refractivity contribution < 1.29 is 9.47 Å². The number of rotatable bonds is 8. The van der Waals surface area contributed by atoms with Crippen molar-refractivity contribution in [2.45, 2.75) is 38.8 Å². The second-order valence-corrected chi connectivity index (χ2v) is 6.00. The number of hydrogen-bond donors (Lipinski definition) is 1. The maximum atomic E-state index is 5.43. The van der Waals surface area contributed by atoms with Gasteiger partial charge in [0.2, 0.25) is 0 Å². The van der Waals surface area contributed by atoms with Crippen LogP contribution in [-0.4, -0.2) is 26.3 Å². The van der Waals surface area contributed by atoms with E-state index in [9.17, 15) is 0 Å². The van der Waals surface area contributed by atoms with Crippen molar-refractivity contribution in [1.29, 1.82) is 0 Å². The minimum Gasteiger partial charge on any atom is -0.496 e. The molecular formula is C20H27NO2. The van der Waals surface area contributed by atoms with Gasteiger partial charge in [0.1, 0.15) is 11.5 Å². The van der Waals surface area contributed by atoms with Crippen LogP contribution in [0.1, 0.15) is 25.0 Å². The first-order valence-corrected chi connectivity index (χ1v) is 8.14. The quantitative estimate of drug-likeness (QED) is 0.803. The lowest BCUT2D eigenvalue weighted by atomic mass is 10.0. The number of benzene rings is 2. The van der Waals surface area contributed by atoms with Crippen molar-refractivity contribution >= 4 is 0 Å². The van der Waals surface area contributed by atoms with Crippen LogP contribution in [0.15, 0.2) is 48.5 Å². The third-order valence-corrected chi connectivity index (χ3v) is 4.01. The summed E-state index contributed by atoms with van der Waals surface area (Å²) in [6.45, 7) is 4.43. The zero-order valence-corrected chi connectivity index (χ0v) is 14.5. The van der Waals surface area contributed by atoms with Gasteiger partial charge in [-0.05, 0) is 49.9 Å². The SMILES string of the molecule is COc1ccccc1C[C@H](C)N[C@@H](C)Cc1ccccc1OC. The highest BCUT2D eigenvalue weighted by Gasteiger charge is 2.13. The molecule has 2 aromatic rings. The molecule has 0 aromatic heterocycles. The summed E-state index contributed by atoms with van der Waals surface area (Å²) >= 11 is 0. The van der Waals surface area contributed by atoms with Gasteiger partial charge in [-0.15, -0.1) is 0 Å². The fraction of sp³-hybridized carbons (Fsp3) is 0.400. The van der Waals surface area contributed by atoms with Gasteiger partial charge in [-0.25, -0.2) is 0 Å². The summed E-state index contributed by atoms with van der Waals surface area (Å²) < 4.78 is 10.9. The van der Waals surface area contributed by atoms with Crippen LogP contribution in [0.2, 0.25) is 0 Å². The molecule has 23 heavy (non-hydrogen) atoms. The Bertz CT molecular complexity index is 559. The van der Waals surface area contributed by atoms with Crippen molar-refractivity contribution in [2.24, 2.45) is 0 Å². The summed E-state index contributed by atoms with van der Waals surface area (Å²) in [6.07, 6.45) is 1.89. The van der Waals surface area contributed by atoms with Gasteiger partial charge in [0, 0.05) is 12.1 Å². The van der Waals surface area contributed by atoms with E-state index in [1.54, 1.807) is 14.2 Å². The lowest BCUT2D eigenvalue weighted by Crippen LogP contribution is -2.37. The Balaban J connectivity index is 1.93. The van der Waals surface area contributed by atoms with Crippen LogP contribution < -0.4 is 14.8 Å². The molecule has 0 aliphatic heterocycles. The smallest absolute Gasteiger partial charge is 0.122 e. The van der Waals surface area contributed by atoms with E-state index in [1.807, 2.05) is 24.3 Å². The van der Waals surface area contributed by atoms with E-state index in [1.165, 1.54) is 11.1 Å². The average molecular weight is 313 g/mol. The minimum absolute atomic E-state index is 0.371. The predicted octanol–water partition coefficient (Wildman–Crippen LogP) is 3.86. The van der Waals surface area contributed by atoms with E-state index >= 15 is 0 Å². The Hall–Kier alpha value is -2.00. The van der Waals surface area contributed by atoms with E-state index in [-0.39, 0.29) is 0 Å². The molecule has 3 heteroatoms. The van der Waals surface area contributed by atoms with E-state index < -0.39 is 0 Å². The molecule has 2 atom stereocenters. The van der Waals surface area contributed by atoms with Crippen LogP contribution >= 0.6 is 0 Å². The molecule has 0 saturated heterocycles. The minimum atomic E-state index is 0.371. The second-order valence-electron chi connectivity index (χ2n) is 6.00. The first kappa shape index (κ1) is 17.4. The van der Waals surface area contributed by atoms with Crippen LogP contribution in [0.25, 0.3) is 0 Å². The molecule has 2 rings (SSSR count). The van der Waals surface area contributed by atoms with Gasteiger partial charge in [0.25, 0.3) is 0 Å². The molecule has 0 aliphatic carbocycles. The molecular weight excluding hydrogens is 286 g/mol. The number of para-hydroxylation sites is 2. The zero-order valence-electron chi connectivity index (χ0n) is 14.5. The summed E-state index contributed by atoms with van der Waals surface area (Å²) in [5.74, 6) is 1.91. The van der Waals surface area contributed by atoms with Crippen molar-refractivity contribution in [1.82, 2.24) is 5.32 Å². The molecule has 0 bridgehead atoms. The van der Waals surface area contributed by atoms with Gasteiger partial charge in [0.15, 0.2) is 0 Å². The first-order chi connectivity index (χ1) is 11.1. The van der Waals surface area contributed by atoms with Crippen LogP contribution in [0.5, 0.6) is 11.5 Å². The molecule has 0 spiro atoms. The van der Waals surface area contributed by atoms with E-state index in [4.69, 9.17) is 9.47 Å². The highest BCUT2D eigenvalue weighted by molar-refractivity contribution is 5.34. The standard InChI is InChI=1S/C20H27NO2/c1-15(13-17-9-5-7-11-19(17)22-3)21-16(2)14-18-10-6-8-12-20(18)23-4/h5-12,15-16,21H,13-14H2,1-4H3/t15-,16-/m0/s1. The maximum absolute atomic E-state index is 5.43. The Morgan fingerprint density at radius 2 is 1.13 bits per heavy atom. The first-order valence-electron chi connectivity index (χ1n) is 8.14. The lowest BCUT2D eigenvalue weighted by molar-refractivity contribution is 0.396. The van der Waals surface area contributed by atoms with E-state index in [0.29, 0.717) is 12.1 Å². The summed E-state index contributed by atoms with van der Waals surface area (Å²) in [7, 11) is 3.45. The molecule has 0 radical (unpaired) electrons. The molecule has 3 nitrogen and oxygen atoms in total. The summed E-state index contributed by atoms with van der Waals surface area (Å²) in [4.78, 5) is 0. The topological polar surface area (TPSA) is 30.5 Å². The second kappa shape index (κ2) is 8.59. The van der Waals surface area contributed by atoms with Crippen LogP contribution in [0.4, 0.5) is 0 Å². The molecule has 0 aliphatic rings. The van der Waals surface area contributed by atoms with Crippen molar-refractivity contribution in [3.63, 3.8) is 0 Å². The Morgan fingerprint density at radius 1 is 0.739 bits per heavy atom. The van der Waals surface area contributed by atoms with Crippen LogP contribution in [0, 0.1) is 0 Å². The normalized spacial score (nSPS) is 13.4. The Kier molecular flexibility index (Phi) is 6.48. The third-order valence-electron chi connectivity index (χ3n) is 4.01. The highest BCUT2D eigenvalue weighted by atomic mass is 16.5. The summed E-state index contributed by atoms with van der Waals surface area (Å²) in [5, 5.41) is 3.67. The van der Waals surface area contributed by atoms with Crippen molar-refractivity contribution in [3.05, 3.63) is 59.7 Å². The monoisotopic (exact) mass is 313 g/mol. The molecule has 0 saturated carbocycles. The fourth-order valence-corrected chi connectivity index (χ4v) is 3.01. The number of methoxy groups -OCH3 is 2. The molecule has 2 aromatic carbocycles. The highest BCUT2D eigenvalue weighted by Crippen LogP contribution is 2.21. The number of ether oxygens (including phenoxy) is 2. The van der Waals surface area contributed by atoms with Gasteiger partial charge in [-0.3, -0.25) is 0 Å². The number of nitrogens with one attached hydrogen (secondary N) is 1. The lowest BCUT2D eigenvalue weighted by Gasteiger charge is -2.21.